The Balaban J connectivity index is 1.61. The lowest BCUT2D eigenvalue weighted by Gasteiger charge is -2.34. The second kappa shape index (κ2) is 8.00. The molecular formula is C22H22FN3O2S. The van der Waals surface area contributed by atoms with Gasteiger partial charge in [0.15, 0.2) is 0 Å². The van der Waals surface area contributed by atoms with E-state index < -0.39 is 11.3 Å². The van der Waals surface area contributed by atoms with Crippen LogP contribution in [-0.4, -0.2) is 28.7 Å². The number of primary amides is 1. The highest BCUT2D eigenvalue weighted by Crippen LogP contribution is 2.38. The van der Waals surface area contributed by atoms with Crippen molar-refractivity contribution in [2.24, 2.45) is 5.73 Å². The Bertz CT molecular complexity index is 1030. The van der Waals surface area contributed by atoms with Crippen molar-refractivity contribution in [1.82, 2.24) is 9.55 Å². The Labute approximate surface area is 173 Å². The van der Waals surface area contributed by atoms with E-state index in [9.17, 15) is 9.18 Å². The number of benzene rings is 2. The monoisotopic (exact) mass is 411 g/mol. The van der Waals surface area contributed by atoms with Gasteiger partial charge in [-0.15, -0.1) is 0 Å². The SMILES string of the molecule is Cc1nccn1-c1ccc(Sc2cc(F)cc(C3(C(N)=O)CCOCC3)c2)cc1. The number of carbonyl (C=O) groups excluding carboxylic acids is 1. The van der Waals surface area contributed by atoms with Gasteiger partial charge in [0.25, 0.3) is 0 Å². The lowest BCUT2D eigenvalue weighted by Crippen LogP contribution is -2.45. The number of amides is 1. The average molecular weight is 412 g/mol. The molecular weight excluding hydrogens is 389 g/mol. The summed E-state index contributed by atoms with van der Waals surface area (Å²) in [5.74, 6) is 0.110. The first-order chi connectivity index (χ1) is 14.0. The maximum atomic E-state index is 14.4. The molecule has 150 valence electrons. The van der Waals surface area contributed by atoms with Crippen molar-refractivity contribution in [1.29, 1.82) is 0 Å². The molecule has 0 spiro atoms. The van der Waals surface area contributed by atoms with Crippen molar-refractivity contribution < 1.29 is 13.9 Å². The number of halogens is 1. The Morgan fingerprint density at radius 3 is 2.52 bits per heavy atom. The minimum Gasteiger partial charge on any atom is -0.381 e. The quantitative estimate of drug-likeness (QED) is 0.689. The fourth-order valence-electron chi connectivity index (χ4n) is 3.76. The average Bonchev–Trinajstić information content (AvgIpc) is 3.14. The largest absolute Gasteiger partial charge is 0.381 e. The third-order valence-corrected chi connectivity index (χ3v) is 6.40. The van der Waals surface area contributed by atoms with Crippen LogP contribution in [0.5, 0.6) is 0 Å². The molecule has 1 fully saturated rings. The zero-order valence-corrected chi connectivity index (χ0v) is 16.9. The summed E-state index contributed by atoms with van der Waals surface area (Å²) in [5, 5.41) is 0. The number of rotatable bonds is 5. The van der Waals surface area contributed by atoms with E-state index >= 15 is 0 Å². The highest BCUT2D eigenvalue weighted by atomic mass is 32.2. The Morgan fingerprint density at radius 1 is 1.17 bits per heavy atom. The highest BCUT2D eigenvalue weighted by molar-refractivity contribution is 7.99. The van der Waals surface area contributed by atoms with E-state index in [-0.39, 0.29) is 5.82 Å². The van der Waals surface area contributed by atoms with Crippen molar-refractivity contribution in [2.75, 3.05) is 13.2 Å². The van der Waals surface area contributed by atoms with Crippen LogP contribution in [0.15, 0.2) is 64.6 Å². The topological polar surface area (TPSA) is 70.1 Å². The predicted molar refractivity (Wildman–Crippen MR) is 110 cm³/mol. The molecule has 2 heterocycles. The molecule has 2 N–H and O–H groups in total. The van der Waals surface area contributed by atoms with Crippen molar-refractivity contribution in [3.05, 3.63) is 72.1 Å². The summed E-state index contributed by atoms with van der Waals surface area (Å²) >= 11 is 1.45. The number of aromatic nitrogens is 2. The van der Waals surface area contributed by atoms with Gasteiger partial charge in [-0.25, -0.2) is 9.37 Å². The predicted octanol–water partition coefficient (Wildman–Crippen LogP) is 4.00. The van der Waals surface area contributed by atoms with Crippen LogP contribution in [0.4, 0.5) is 4.39 Å². The van der Waals surface area contributed by atoms with Gasteiger partial charge in [0.05, 0.1) is 5.41 Å². The van der Waals surface area contributed by atoms with E-state index in [1.807, 2.05) is 48.0 Å². The molecule has 0 aliphatic carbocycles. The van der Waals surface area contributed by atoms with Gasteiger partial charge in [-0.05, 0) is 67.8 Å². The summed E-state index contributed by atoms with van der Waals surface area (Å²) in [6.45, 7) is 2.83. The third kappa shape index (κ3) is 3.93. The standard InChI is InChI=1S/C22H22FN3O2S/c1-15-25-8-9-26(15)18-2-4-19(5-3-18)29-20-13-16(12-17(23)14-20)22(21(24)27)6-10-28-11-7-22/h2-5,8-9,12-14H,6-7,10-11H2,1H3,(H2,24,27). The van der Waals surface area contributed by atoms with Gasteiger partial charge in [0.2, 0.25) is 5.91 Å². The summed E-state index contributed by atoms with van der Waals surface area (Å²) in [5.41, 5.74) is 6.49. The summed E-state index contributed by atoms with van der Waals surface area (Å²) < 4.78 is 21.8. The van der Waals surface area contributed by atoms with Crippen LogP contribution in [0, 0.1) is 12.7 Å². The Hall–Kier alpha value is -2.64. The van der Waals surface area contributed by atoms with E-state index in [0.29, 0.717) is 31.6 Å². The first-order valence-electron chi connectivity index (χ1n) is 9.45. The molecule has 0 bridgehead atoms. The first-order valence-corrected chi connectivity index (χ1v) is 10.3. The lowest BCUT2D eigenvalue weighted by molar-refractivity contribution is -0.127. The van der Waals surface area contributed by atoms with E-state index in [1.165, 1.54) is 23.9 Å². The van der Waals surface area contributed by atoms with Gasteiger partial charge in [-0.2, -0.15) is 0 Å². The maximum Gasteiger partial charge on any atom is 0.228 e. The normalized spacial score (nSPS) is 15.9. The van der Waals surface area contributed by atoms with Crippen LogP contribution in [0.3, 0.4) is 0 Å². The Kier molecular flexibility index (Phi) is 5.43. The molecule has 1 aromatic heterocycles. The molecule has 3 aromatic rings. The number of aryl methyl sites for hydroxylation is 1. The fourth-order valence-corrected chi connectivity index (χ4v) is 4.66. The van der Waals surface area contributed by atoms with Crippen LogP contribution in [-0.2, 0) is 14.9 Å². The molecule has 0 saturated carbocycles. The second-order valence-corrected chi connectivity index (χ2v) is 8.32. The molecule has 0 radical (unpaired) electrons. The fraction of sp³-hybridized carbons (Fsp3) is 0.273. The maximum absolute atomic E-state index is 14.4. The summed E-state index contributed by atoms with van der Waals surface area (Å²) in [7, 11) is 0. The van der Waals surface area contributed by atoms with Crippen molar-refractivity contribution in [3.63, 3.8) is 0 Å². The number of hydrogen-bond acceptors (Lipinski definition) is 4. The van der Waals surface area contributed by atoms with E-state index in [0.717, 1.165) is 21.3 Å². The van der Waals surface area contributed by atoms with Gasteiger partial charge in [0, 0.05) is 41.1 Å². The van der Waals surface area contributed by atoms with Gasteiger partial charge < -0.3 is 15.0 Å². The van der Waals surface area contributed by atoms with Gasteiger partial charge in [0.1, 0.15) is 11.6 Å². The zero-order chi connectivity index (χ0) is 20.4. The highest BCUT2D eigenvalue weighted by Gasteiger charge is 2.40. The van der Waals surface area contributed by atoms with Crippen LogP contribution < -0.4 is 5.73 Å². The molecule has 0 atom stereocenters. The first kappa shape index (κ1) is 19.7. The van der Waals surface area contributed by atoms with Gasteiger partial charge >= 0.3 is 0 Å². The van der Waals surface area contributed by atoms with E-state index in [1.54, 1.807) is 6.20 Å². The van der Waals surface area contributed by atoms with Gasteiger partial charge in [-0.3, -0.25) is 4.79 Å². The minimum atomic E-state index is -0.877. The smallest absolute Gasteiger partial charge is 0.228 e. The number of imidazole rings is 1. The molecule has 1 aliphatic heterocycles. The molecule has 4 rings (SSSR count). The zero-order valence-electron chi connectivity index (χ0n) is 16.1. The molecule has 1 saturated heterocycles. The van der Waals surface area contributed by atoms with Crippen LogP contribution in [0.25, 0.3) is 5.69 Å². The van der Waals surface area contributed by atoms with Crippen molar-refractivity contribution in [3.8, 4) is 5.69 Å². The van der Waals surface area contributed by atoms with E-state index in [4.69, 9.17) is 10.5 Å². The Morgan fingerprint density at radius 2 is 1.90 bits per heavy atom. The second-order valence-electron chi connectivity index (χ2n) is 7.17. The number of nitrogens with zero attached hydrogens (tertiary/aromatic N) is 2. The molecule has 5 nitrogen and oxygen atoms in total. The van der Waals surface area contributed by atoms with Crippen molar-refractivity contribution >= 4 is 17.7 Å². The number of nitrogens with two attached hydrogens (primary N) is 1. The summed E-state index contributed by atoms with van der Waals surface area (Å²) in [6.07, 6.45) is 4.61. The van der Waals surface area contributed by atoms with E-state index in [2.05, 4.69) is 4.98 Å². The summed E-state index contributed by atoms with van der Waals surface area (Å²) in [4.78, 5) is 18.2. The molecule has 2 aromatic carbocycles. The molecule has 1 amide bonds. The summed E-state index contributed by atoms with van der Waals surface area (Å²) in [6, 6.07) is 12.8. The minimum absolute atomic E-state index is 0.372. The number of ether oxygens (including phenoxy) is 1. The number of carbonyl (C=O) groups is 1. The van der Waals surface area contributed by atoms with Crippen LogP contribution in [0.1, 0.15) is 24.2 Å². The molecule has 1 aliphatic rings. The molecule has 0 unspecified atom stereocenters. The third-order valence-electron chi connectivity index (χ3n) is 5.42. The molecule has 29 heavy (non-hydrogen) atoms. The van der Waals surface area contributed by atoms with Gasteiger partial charge in [-0.1, -0.05) is 11.8 Å². The number of hydrogen-bond donors (Lipinski definition) is 1. The molecule has 7 heteroatoms. The lowest BCUT2D eigenvalue weighted by atomic mass is 9.73. The van der Waals surface area contributed by atoms with Crippen LogP contribution >= 0.6 is 11.8 Å². The van der Waals surface area contributed by atoms with Crippen LogP contribution in [0.2, 0.25) is 0 Å². The van der Waals surface area contributed by atoms with Crippen molar-refractivity contribution in [2.45, 2.75) is 35.0 Å².